The molecule has 1 amide bonds. The van der Waals surface area contributed by atoms with E-state index in [-0.39, 0.29) is 11.3 Å². The van der Waals surface area contributed by atoms with Crippen LogP contribution in [-0.4, -0.2) is 17.8 Å². The Morgan fingerprint density at radius 3 is 2.67 bits per heavy atom. The van der Waals surface area contributed by atoms with Crippen LogP contribution in [0.2, 0.25) is 0 Å². The summed E-state index contributed by atoms with van der Waals surface area (Å²) in [5, 5.41) is 4.04. The van der Waals surface area contributed by atoms with Crippen molar-refractivity contribution in [2.24, 2.45) is 5.41 Å². The van der Waals surface area contributed by atoms with Crippen LogP contribution >= 0.6 is 43.2 Å². The van der Waals surface area contributed by atoms with Crippen molar-refractivity contribution >= 4 is 49.1 Å². The maximum Gasteiger partial charge on any atom is 0.261 e. The van der Waals surface area contributed by atoms with Gasteiger partial charge in [-0.15, -0.1) is 11.3 Å². The van der Waals surface area contributed by atoms with Crippen LogP contribution in [0.25, 0.3) is 0 Å². The van der Waals surface area contributed by atoms with Crippen LogP contribution in [-0.2, 0) is 0 Å². The van der Waals surface area contributed by atoms with Gasteiger partial charge in [-0.05, 0) is 52.7 Å². The van der Waals surface area contributed by atoms with Crippen molar-refractivity contribution in [3.8, 4) is 0 Å². The van der Waals surface area contributed by atoms with Gasteiger partial charge in [-0.25, -0.2) is 0 Å². The van der Waals surface area contributed by atoms with Gasteiger partial charge in [-0.3, -0.25) is 4.79 Å². The predicted octanol–water partition coefficient (Wildman–Crippen LogP) is 4.75. The van der Waals surface area contributed by atoms with E-state index >= 15 is 0 Å². The van der Waals surface area contributed by atoms with Crippen molar-refractivity contribution in [3.05, 3.63) is 20.3 Å². The fourth-order valence-corrected chi connectivity index (χ4v) is 3.34. The van der Waals surface area contributed by atoms with Crippen molar-refractivity contribution in [2.75, 3.05) is 11.9 Å². The fourth-order valence-electron chi connectivity index (χ4n) is 1.61. The summed E-state index contributed by atoms with van der Waals surface area (Å²) in [4.78, 5) is 12.8. The summed E-state index contributed by atoms with van der Waals surface area (Å²) in [6.07, 6.45) is 2.23. The maximum atomic E-state index is 12.0. The lowest BCUT2D eigenvalue weighted by molar-refractivity contribution is 0.0938. The van der Waals surface area contributed by atoms with Gasteiger partial charge < -0.3 is 5.32 Å². The van der Waals surface area contributed by atoms with Gasteiger partial charge in [0.25, 0.3) is 5.91 Å². The van der Waals surface area contributed by atoms with Crippen molar-refractivity contribution in [2.45, 2.75) is 33.6 Å². The van der Waals surface area contributed by atoms with Crippen molar-refractivity contribution in [3.63, 3.8) is 0 Å². The molecule has 0 saturated heterocycles. The van der Waals surface area contributed by atoms with Gasteiger partial charge in [0, 0.05) is 11.9 Å². The largest absolute Gasteiger partial charge is 0.351 e. The molecule has 18 heavy (non-hydrogen) atoms. The molecule has 0 radical (unpaired) electrons. The first-order valence-corrected chi connectivity index (χ1v) is 8.69. The summed E-state index contributed by atoms with van der Waals surface area (Å²) < 4.78 is 1.03. The van der Waals surface area contributed by atoms with E-state index in [1.165, 1.54) is 11.3 Å². The molecule has 1 rings (SSSR count). The van der Waals surface area contributed by atoms with E-state index in [1.807, 2.05) is 13.0 Å². The number of rotatable bonds is 6. The zero-order valence-electron chi connectivity index (χ0n) is 11.0. The number of thiophene rings is 1. The molecule has 0 atom stereocenters. The second-order valence-corrected chi connectivity index (χ2v) is 8.37. The quantitative estimate of drug-likeness (QED) is 0.690. The van der Waals surface area contributed by atoms with Gasteiger partial charge in [0.05, 0.1) is 8.66 Å². The lowest BCUT2D eigenvalue weighted by atomic mass is 9.88. The number of halogens is 2. The SMILES string of the molecule is Cc1cc(C(=O)NCC(C)(C)CCCBr)sc1Br. The zero-order valence-corrected chi connectivity index (χ0v) is 15.0. The highest BCUT2D eigenvalue weighted by Crippen LogP contribution is 2.27. The molecule has 1 heterocycles. The van der Waals surface area contributed by atoms with Crippen LogP contribution in [0.3, 0.4) is 0 Å². The second kappa shape index (κ2) is 7.06. The van der Waals surface area contributed by atoms with Crippen LogP contribution in [0.15, 0.2) is 9.85 Å². The number of carbonyl (C=O) groups excluding carboxylic acids is 1. The Balaban J connectivity index is 2.50. The fraction of sp³-hybridized carbons (Fsp3) is 0.615. The van der Waals surface area contributed by atoms with E-state index < -0.39 is 0 Å². The van der Waals surface area contributed by atoms with Crippen molar-refractivity contribution in [1.29, 1.82) is 0 Å². The average molecular weight is 397 g/mol. The molecule has 0 spiro atoms. The highest BCUT2D eigenvalue weighted by atomic mass is 79.9. The Labute approximate surface area is 130 Å². The molecule has 0 aliphatic rings. The van der Waals surface area contributed by atoms with E-state index in [9.17, 15) is 4.79 Å². The molecular formula is C13H19Br2NOS. The maximum absolute atomic E-state index is 12.0. The van der Waals surface area contributed by atoms with Crippen LogP contribution in [0.5, 0.6) is 0 Å². The highest BCUT2D eigenvalue weighted by molar-refractivity contribution is 9.11. The molecule has 5 heteroatoms. The highest BCUT2D eigenvalue weighted by Gasteiger charge is 2.19. The molecule has 0 bridgehead atoms. The molecule has 0 saturated carbocycles. The first-order chi connectivity index (χ1) is 8.35. The van der Waals surface area contributed by atoms with Gasteiger partial charge in [0.1, 0.15) is 0 Å². The van der Waals surface area contributed by atoms with Gasteiger partial charge in [0.2, 0.25) is 0 Å². The Hall–Kier alpha value is 0.130. The smallest absolute Gasteiger partial charge is 0.261 e. The molecule has 0 unspecified atom stereocenters. The molecule has 1 aromatic rings. The Kier molecular flexibility index (Phi) is 6.35. The van der Waals surface area contributed by atoms with E-state index in [1.54, 1.807) is 0 Å². The van der Waals surface area contributed by atoms with Gasteiger partial charge >= 0.3 is 0 Å². The van der Waals surface area contributed by atoms with Gasteiger partial charge in [-0.1, -0.05) is 29.8 Å². The molecule has 0 aromatic carbocycles. The molecule has 1 aromatic heterocycles. The Morgan fingerprint density at radius 2 is 2.17 bits per heavy atom. The van der Waals surface area contributed by atoms with Gasteiger partial charge in [0.15, 0.2) is 0 Å². The number of hydrogen-bond acceptors (Lipinski definition) is 2. The monoisotopic (exact) mass is 395 g/mol. The van der Waals surface area contributed by atoms with Crippen LogP contribution in [0.4, 0.5) is 0 Å². The molecule has 102 valence electrons. The van der Waals surface area contributed by atoms with Crippen molar-refractivity contribution < 1.29 is 4.79 Å². The number of amides is 1. The first-order valence-electron chi connectivity index (χ1n) is 5.96. The zero-order chi connectivity index (χ0) is 13.8. The average Bonchev–Trinajstić information content (AvgIpc) is 2.64. The summed E-state index contributed by atoms with van der Waals surface area (Å²) in [6, 6.07) is 1.93. The third-order valence-corrected chi connectivity index (χ3v) is 5.49. The third-order valence-electron chi connectivity index (χ3n) is 2.80. The van der Waals surface area contributed by atoms with Crippen LogP contribution in [0, 0.1) is 12.3 Å². The summed E-state index contributed by atoms with van der Waals surface area (Å²) in [7, 11) is 0. The number of alkyl halides is 1. The number of carbonyl (C=O) groups is 1. The molecule has 2 nitrogen and oxygen atoms in total. The molecule has 0 aliphatic carbocycles. The standard InChI is InChI=1S/C13H19Br2NOS/c1-9-7-10(18-11(9)15)12(17)16-8-13(2,3)5-4-6-14/h7H,4-6,8H2,1-3H3,(H,16,17). The molecule has 0 fully saturated rings. The minimum Gasteiger partial charge on any atom is -0.351 e. The third kappa shape index (κ3) is 5.02. The molecule has 1 N–H and O–H groups in total. The summed E-state index contributed by atoms with van der Waals surface area (Å²) in [5.74, 6) is 0.0284. The van der Waals surface area contributed by atoms with E-state index in [0.29, 0.717) is 6.54 Å². The lowest BCUT2D eigenvalue weighted by Gasteiger charge is -2.24. The summed E-state index contributed by atoms with van der Waals surface area (Å²) in [5.41, 5.74) is 1.26. The molecular weight excluding hydrogens is 378 g/mol. The normalized spacial score (nSPS) is 11.6. The minimum absolute atomic E-state index is 0.0284. The molecule has 0 aliphatic heterocycles. The summed E-state index contributed by atoms with van der Waals surface area (Å²) >= 11 is 8.37. The second-order valence-electron chi connectivity index (χ2n) is 5.21. The van der Waals surface area contributed by atoms with E-state index in [0.717, 1.165) is 32.4 Å². The van der Waals surface area contributed by atoms with Crippen LogP contribution < -0.4 is 5.32 Å². The van der Waals surface area contributed by atoms with E-state index in [4.69, 9.17) is 0 Å². The van der Waals surface area contributed by atoms with E-state index in [2.05, 4.69) is 51.0 Å². The number of hydrogen-bond donors (Lipinski definition) is 1. The summed E-state index contributed by atoms with van der Waals surface area (Å²) in [6.45, 7) is 7.09. The van der Waals surface area contributed by atoms with Crippen molar-refractivity contribution in [1.82, 2.24) is 5.32 Å². The van der Waals surface area contributed by atoms with Crippen LogP contribution in [0.1, 0.15) is 41.9 Å². The minimum atomic E-state index is 0.0284. The topological polar surface area (TPSA) is 29.1 Å². The Bertz CT molecular complexity index is 396. The number of aryl methyl sites for hydroxylation is 1. The Morgan fingerprint density at radius 1 is 1.50 bits per heavy atom. The predicted molar refractivity (Wildman–Crippen MR) is 85.9 cm³/mol. The first kappa shape index (κ1) is 16.2. The van der Waals surface area contributed by atoms with Gasteiger partial charge in [-0.2, -0.15) is 0 Å². The lowest BCUT2D eigenvalue weighted by Crippen LogP contribution is -2.33. The number of nitrogens with one attached hydrogen (secondary N) is 1.